The second-order valence-electron chi connectivity index (χ2n) is 3.05. The van der Waals surface area contributed by atoms with Gasteiger partial charge in [0, 0.05) is 0 Å². The van der Waals surface area contributed by atoms with Crippen molar-refractivity contribution in [3.8, 4) is 0 Å². The Hall–Kier alpha value is -0.380. The molecule has 0 amide bonds. The van der Waals surface area contributed by atoms with Crippen LogP contribution >= 0.6 is 7.82 Å². The Balaban J connectivity index is 4.22. The first-order valence-electron chi connectivity index (χ1n) is 4.14. The van der Waals surface area contributed by atoms with Gasteiger partial charge < -0.3 is 35.6 Å². The van der Waals surface area contributed by atoms with E-state index in [2.05, 4.69) is 4.52 Å². The number of hydrogen-bond acceptors (Lipinski definition) is 7. The summed E-state index contributed by atoms with van der Waals surface area (Å²) in [6, 6.07) is -1.42. The quantitative estimate of drug-likeness (QED) is 0.202. The van der Waals surface area contributed by atoms with Gasteiger partial charge in [-0.25, -0.2) is 4.57 Å². The molecule has 0 radical (unpaired) electrons. The monoisotopic (exact) mass is 259 g/mol. The third kappa shape index (κ3) is 5.64. The van der Waals surface area contributed by atoms with Crippen molar-refractivity contribution in [2.24, 2.45) is 5.73 Å². The van der Waals surface area contributed by atoms with Crippen LogP contribution in [0.15, 0.2) is 0 Å². The molecule has 0 aromatic carbocycles. The molecule has 4 atom stereocenters. The molecule has 10 heteroatoms. The fourth-order valence-electron chi connectivity index (χ4n) is 0.808. The largest absolute Gasteiger partial charge is 0.469 e. The fourth-order valence-corrected chi connectivity index (χ4v) is 1.15. The Labute approximate surface area is 90.7 Å². The minimum Gasteiger partial charge on any atom is -0.388 e. The van der Waals surface area contributed by atoms with Gasteiger partial charge in [0.1, 0.15) is 24.6 Å². The van der Waals surface area contributed by atoms with Gasteiger partial charge in [-0.1, -0.05) is 0 Å². The second-order valence-corrected chi connectivity index (χ2v) is 4.29. The molecule has 4 unspecified atom stereocenters. The maximum atomic E-state index is 10.3. The highest BCUT2D eigenvalue weighted by molar-refractivity contribution is 7.46. The van der Waals surface area contributed by atoms with Crippen LogP contribution < -0.4 is 5.73 Å². The number of carbonyl (C=O) groups is 1. The lowest BCUT2D eigenvalue weighted by molar-refractivity contribution is -0.118. The summed E-state index contributed by atoms with van der Waals surface area (Å²) in [6.45, 7) is -0.909. The molecule has 0 heterocycles. The number of phosphoric ester groups is 1. The smallest absolute Gasteiger partial charge is 0.388 e. The molecule has 96 valence electrons. The maximum absolute atomic E-state index is 10.3. The molecule has 0 saturated heterocycles. The SMILES string of the molecule is NC(C=O)C(O)C(O)C(O)COP(=O)(O)O. The van der Waals surface area contributed by atoms with Gasteiger partial charge in [0.2, 0.25) is 0 Å². The molecule has 7 N–H and O–H groups in total. The Morgan fingerprint density at radius 2 is 1.75 bits per heavy atom. The highest BCUT2D eigenvalue weighted by atomic mass is 31.2. The first-order valence-corrected chi connectivity index (χ1v) is 5.67. The van der Waals surface area contributed by atoms with Crippen molar-refractivity contribution in [2.75, 3.05) is 6.61 Å². The minimum absolute atomic E-state index is 0.157. The number of aliphatic hydroxyl groups is 3. The number of phosphoric acid groups is 1. The molecule has 0 bridgehead atoms. The summed E-state index contributed by atoms with van der Waals surface area (Å²) in [6.07, 6.45) is -5.24. The lowest BCUT2D eigenvalue weighted by Crippen LogP contribution is -2.50. The topological polar surface area (TPSA) is 171 Å². The molecule has 0 aromatic rings. The zero-order valence-electron chi connectivity index (χ0n) is 8.08. The highest BCUT2D eigenvalue weighted by Crippen LogP contribution is 2.35. The van der Waals surface area contributed by atoms with Crippen LogP contribution in [0.3, 0.4) is 0 Å². The minimum atomic E-state index is -4.77. The highest BCUT2D eigenvalue weighted by Gasteiger charge is 2.30. The first-order chi connectivity index (χ1) is 7.19. The molecule has 0 saturated carbocycles. The van der Waals surface area contributed by atoms with E-state index < -0.39 is 38.8 Å². The molecular formula is C6H14NO8P. The molecule has 0 rings (SSSR count). The van der Waals surface area contributed by atoms with Gasteiger partial charge in [-0.05, 0) is 0 Å². The van der Waals surface area contributed by atoms with Crippen molar-refractivity contribution in [2.45, 2.75) is 24.4 Å². The predicted molar refractivity (Wildman–Crippen MR) is 50.1 cm³/mol. The van der Waals surface area contributed by atoms with Crippen LogP contribution in [0.25, 0.3) is 0 Å². The molecule has 9 nitrogen and oxygen atoms in total. The number of hydrogen-bond donors (Lipinski definition) is 6. The van der Waals surface area contributed by atoms with E-state index in [-0.39, 0.29) is 6.29 Å². The Morgan fingerprint density at radius 1 is 1.25 bits per heavy atom. The third-order valence-electron chi connectivity index (χ3n) is 1.71. The zero-order chi connectivity index (χ0) is 12.9. The lowest BCUT2D eigenvalue weighted by atomic mass is 10.0. The normalized spacial score (nSPS) is 19.9. The van der Waals surface area contributed by atoms with Gasteiger partial charge in [0.25, 0.3) is 0 Å². The van der Waals surface area contributed by atoms with Crippen LogP contribution in [0.4, 0.5) is 0 Å². The van der Waals surface area contributed by atoms with Crippen LogP contribution in [-0.2, 0) is 13.9 Å². The van der Waals surface area contributed by atoms with Crippen LogP contribution in [0.1, 0.15) is 0 Å². The maximum Gasteiger partial charge on any atom is 0.469 e. The molecule has 16 heavy (non-hydrogen) atoms. The predicted octanol–water partition coefficient (Wildman–Crippen LogP) is -3.30. The molecule has 0 spiro atoms. The first kappa shape index (κ1) is 15.6. The number of rotatable bonds is 7. The van der Waals surface area contributed by atoms with Crippen LogP contribution in [0.2, 0.25) is 0 Å². The van der Waals surface area contributed by atoms with E-state index in [0.717, 1.165) is 0 Å². The van der Waals surface area contributed by atoms with Crippen LogP contribution in [-0.4, -0.2) is 62.4 Å². The van der Waals surface area contributed by atoms with E-state index in [9.17, 15) is 19.6 Å². The van der Waals surface area contributed by atoms with Crippen molar-refractivity contribution < 1.29 is 39.0 Å². The van der Waals surface area contributed by atoms with Gasteiger partial charge >= 0.3 is 7.82 Å². The van der Waals surface area contributed by atoms with Gasteiger partial charge in [-0.3, -0.25) is 4.52 Å². The number of nitrogens with two attached hydrogens (primary N) is 1. The van der Waals surface area contributed by atoms with E-state index in [1.807, 2.05) is 0 Å². The van der Waals surface area contributed by atoms with E-state index >= 15 is 0 Å². The van der Waals surface area contributed by atoms with Crippen LogP contribution in [0.5, 0.6) is 0 Å². The van der Waals surface area contributed by atoms with Gasteiger partial charge in [-0.15, -0.1) is 0 Å². The summed E-state index contributed by atoms with van der Waals surface area (Å²) in [7, 11) is -4.77. The second kappa shape index (κ2) is 6.38. The van der Waals surface area contributed by atoms with E-state index in [4.69, 9.17) is 20.6 Å². The number of aliphatic hydroxyl groups excluding tert-OH is 3. The average Bonchev–Trinajstić information content (AvgIpc) is 2.21. The van der Waals surface area contributed by atoms with Gasteiger partial charge in [0.15, 0.2) is 0 Å². The molecule has 0 aliphatic carbocycles. The molecule has 0 aromatic heterocycles. The molecule has 0 aliphatic heterocycles. The Bertz CT molecular complexity index is 267. The van der Waals surface area contributed by atoms with E-state index in [0.29, 0.717) is 0 Å². The van der Waals surface area contributed by atoms with Crippen LogP contribution in [0, 0.1) is 0 Å². The summed E-state index contributed by atoms with van der Waals surface area (Å²) < 4.78 is 14.1. The lowest BCUT2D eigenvalue weighted by Gasteiger charge is -2.24. The summed E-state index contributed by atoms with van der Waals surface area (Å²) in [5, 5.41) is 27.5. The summed E-state index contributed by atoms with van der Waals surface area (Å²) in [4.78, 5) is 26.7. The molecule has 0 fully saturated rings. The number of carbonyl (C=O) groups excluding carboxylic acids is 1. The zero-order valence-corrected chi connectivity index (χ0v) is 8.97. The van der Waals surface area contributed by atoms with E-state index in [1.165, 1.54) is 0 Å². The fraction of sp³-hybridized carbons (Fsp3) is 0.833. The van der Waals surface area contributed by atoms with E-state index in [1.54, 1.807) is 0 Å². The molecule has 0 aliphatic rings. The summed E-state index contributed by atoms with van der Waals surface area (Å²) >= 11 is 0. The van der Waals surface area contributed by atoms with Crippen molar-refractivity contribution in [1.82, 2.24) is 0 Å². The van der Waals surface area contributed by atoms with Gasteiger partial charge in [0.05, 0.1) is 12.6 Å². The standard InChI is InChI=1S/C6H14NO8P/c7-3(1-8)5(10)6(11)4(9)2-15-16(12,13)14/h1,3-6,9-11H,2,7H2,(H2,12,13,14). The Kier molecular flexibility index (Phi) is 6.23. The van der Waals surface area contributed by atoms with Crippen molar-refractivity contribution >= 4 is 14.1 Å². The third-order valence-corrected chi connectivity index (χ3v) is 2.19. The van der Waals surface area contributed by atoms with Crippen molar-refractivity contribution in [1.29, 1.82) is 0 Å². The Morgan fingerprint density at radius 3 is 2.12 bits per heavy atom. The summed E-state index contributed by atoms with van der Waals surface area (Å²) in [5.74, 6) is 0. The molecular weight excluding hydrogens is 245 g/mol. The average molecular weight is 259 g/mol. The summed E-state index contributed by atoms with van der Waals surface area (Å²) in [5.41, 5.74) is 5.05. The van der Waals surface area contributed by atoms with Crippen molar-refractivity contribution in [3.63, 3.8) is 0 Å². The number of aldehydes is 1. The van der Waals surface area contributed by atoms with Crippen molar-refractivity contribution in [3.05, 3.63) is 0 Å². The van der Waals surface area contributed by atoms with Gasteiger partial charge in [-0.2, -0.15) is 0 Å².